The van der Waals surface area contributed by atoms with Gasteiger partial charge in [0.15, 0.2) is 22.2 Å². The SMILES string of the molecule is CS(=O)(=O)c1ccc(C(=O)OCC(=O)c2ccc(Br)cc2)cc1[N+](=O)[O-]. The van der Waals surface area contributed by atoms with Crippen molar-refractivity contribution in [2.45, 2.75) is 4.90 Å². The van der Waals surface area contributed by atoms with Gasteiger partial charge in [0, 0.05) is 22.4 Å². The monoisotopic (exact) mass is 441 g/mol. The topological polar surface area (TPSA) is 121 Å². The lowest BCUT2D eigenvalue weighted by Gasteiger charge is -2.06. The largest absolute Gasteiger partial charge is 0.454 e. The van der Waals surface area contributed by atoms with E-state index >= 15 is 0 Å². The van der Waals surface area contributed by atoms with E-state index in [0.717, 1.165) is 28.9 Å². The van der Waals surface area contributed by atoms with Gasteiger partial charge in [-0.15, -0.1) is 0 Å². The van der Waals surface area contributed by atoms with Crippen LogP contribution < -0.4 is 0 Å². The number of hydrogen-bond donors (Lipinski definition) is 0. The fourth-order valence-corrected chi connectivity index (χ4v) is 3.13. The number of halogens is 1. The van der Waals surface area contributed by atoms with Crippen LogP contribution in [0.5, 0.6) is 0 Å². The van der Waals surface area contributed by atoms with Crippen molar-refractivity contribution in [3.8, 4) is 0 Å². The molecule has 0 heterocycles. The second-order valence-electron chi connectivity index (χ2n) is 5.22. The summed E-state index contributed by atoms with van der Waals surface area (Å²) in [5.41, 5.74) is -0.631. The third-order valence-electron chi connectivity index (χ3n) is 3.29. The van der Waals surface area contributed by atoms with Crippen molar-refractivity contribution >= 4 is 43.2 Å². The molecule has 0 radical (unpaired) electrons. The Morgan fingerprint density at radius 2 is 1.69 bits per heavy atom. The Hall–Kier alpha value is -2.59. The molecule has 2 rings (SSSR count). The van der Waals surface area contributed by atoms with Crippen LogP contribution in [0.25, 0.3) is 0 Å². The number of ether oxygens (including phenoxy) is 1. The second kappa shape index (κ2) is 7.75. The van der Waals surface area contributed by atoms with E-state index in [9.17, 15) is 28.1 Å². The van der Waals surface area contributed by atoms with Gasteiger partial charge in [0.25, 0.3) is 5.69 Å². The highest BCUT2D eigenvalue weighted by molar-refractivity contribution is 9.10. The average Bonchev–Trinajstić information content (AvgIpc) is 2.58. The van der Waals surface area contributed by atoms with E-state index in [4.69, 9.17) is 4.74 Å². The zero-order valence-corrected chi connectivity index (χ0v) is 15.7. The number of sulfone groups is 1. The summed E-state index contributed by atoms with van der Waals surface area (Å²) < 4.78 is 28.8. The van der Waals surface area contributed by atoms with Crippen LogP contribution in [0.1, 0.15) is 20.7 Å². The normalized spacial score (nSPS) is 11.0. The molecular weight excluding hydrogens is 430 g/mol. The van der Waals surface area contributed by atoms with E-state index in [-0.39, 0.29) is 5.56 Å². The van der Waals surface area contributed by atoms with E-state index in [2.05, 4.69) is 15.9 Å². The molecule has 0 atom stereocenters. The summed E-state index contributed by atoms with van der Waals surface area (Å²) in [7, 11) is -3.84. The predicted molar refractivity (Wildman–Crippen MR) is 95.0 cm³/mol. The van der Waals surface area contributed by atoms with Gasteiger partial charge in [0.2, 0.25) is 0 Å². The summed E-state index contributed by atoms with van der Waals surface area (Å²) in [4.78, 5) is 33.6. The van der Waals surface area contributed by atoms with Crippen molar-refractivity contribution in [2.75, 3.05) is 12.9 Å². The summed E-state index contributed by atoms with van der Waals surface area (Å²) in [5.74, 6) is -1.42. The number of ketones is 1. The van der Waals surface area contributed by atoms with Gasteiger partial charge in [0.05, 0.1) is 10.5 Å². The molecule has 0 amide bonds. The minimum atomic E-state index is -3.84. The minimum absolute atomic E-state index is 0.229. The van der Waals surface area contributed by atoms with Crippen LogP contribution in [-0.4, -0.2) is 38.0 Å². The van der Waals surface area contributed by atoms with E-state index in [1.165, 1.54) is 0 Å². The smallest absolute Gasteiger partial charge is 0.338 e. The van der Waals surface area contributed by atoms with E-state index in [1.54, 1.807) is 24.3 Å². The first kappa shape index (κ1) is 19.7. The fraction of sp³-hybridized carbons (Fsp3) is 0.125. The van der Waals surface area contributed by atoms with Gasteiger partial charge < -0.3 is 4.74 Å². The highest BCUT2D eigenvalue weighted by atomic mass is 79.9. The lowest BCUT2D eigenvalue weighted by atomic mass is 10.1. The van der Waals surface area contributed by atoms with Crippen molar-refractivity contribution < 1.29 is 27.7 Å². The van der Waals surface area contributed by atoms with Crippen molar-refractivity contribution in [3.63, 3.8) is 0 Å². The Labute approximate surface area is 157 Å². The number of hydrogen-bond acceptors (Lipinski definition) is 7. The molecular formula is C16H12BrNO7S. The van der Waals surface area contributed by atoms with Crippen LogP contribution in [0.2, 0.25) is 0 Å². The molecule has 136 valence electrons. The zero-order valence-electron chi connectivity index (χ0n) is 13.3. The van der Waals surface area contributed by atoms with Gasteiger partial charge in [-0.1, -0.05) is 28.1 Å². The number of carbonyl (C=O) groups is 2. The molecule has 0 fully saturated rings. The molecule has 0 aliphatic heterocycles. The van der Waals surface area contributed by atoms with Crippen LogP contribution in [0, 0.1) is 10.1 Å². The maximum Gasteiger partial charge on any atom is 0.338 e. The summed E-state index contributed by atoms with van der Waals surface area (Å²) in [6.07, 6.45) is 0.824. The molecule has 0 aliphatic carbocycles. The number of carbonyl (C=O) groups excluding carboxylic acids is 2. The van der Waals surface area contributed by atoms with Crippen molar-refractivity contribution in [3.05, 3.63) is 68.2 Å². The Morgan fingerprint density at radius 1 is 1.12 bits per heavy atom. The van der Waals surface area contributed by atoms with Gasteiger partial charge in [-0.25, -0.2) is 13.2 Å². The maximum absolute atomic E-state index is 12.0. The molecule has 0 spiro atoms. The molecule has 0 unspecified atom stereocenters. The Balaban J connectivity index is 2.17. The van der Waals surface area contributed by atoms with Crippen LogP contribution >= 0.6 is 15.9 Å². The van der Waals surface area contributed by atoms with Crippen LogP contribution in [0.15, 0.2) is 51.8 Å². The molecule has 2 aromatic carbocycles. The molecule has 0 aliphatic rings. The van der Waals surface area contributed by atoms with Crippen molar-refractivity contribution in [1.29, 1.82) is 0 Å². The molecule has 26 heavy (non-hydrogen) atoms. The number of Topliss-reactive ketones (excluding diaryl/α,β-unsaturated/α-hetero) is 1. The number of nitro groups is 1. The number of esters is 1. The maximum atomic E-state index is 12.0. The minimum Gasteiger partial charge on any atom is -0.454 e. The first-order chi connectivity index (χ1) is 12.1. The summed E-state index contributed by atoms with van der Waals surface area (Å²) in [5, 5.41) is 11.1. The molecule has 0 aromatic heterocycles. The lowest BCUT2D eigenvalue weighted by Crippen LogP contribution is -2.15. The summed E-state index contributed by atoms with van der Waals surface area (Å²) in [6.45, 7) is -0.553. The van der Waals surface area contributed by atoms with Crippen molar-refractivity contribution in [1.82, 2.24) is 0 Å². The second-order valence-corrected chi connectivity index (χ2v) is 8.12. The van der Waals surface area contributed by atoms with Crippen LogP contribution in [0.4, 0.5) is 5.69 Å². The summed E-state index contributed by atoms with van der Waals surface area (Å²) >= 11 is 3.23. The van der Waals surface area contributed by atoms with Crippen molar-refractivity contribution in [2.24, 2.45) is 0 Å². The standard InChI is InChI=1S/C16H12BrNO7S/c1-26(23,24)15-7-4-11(8-13(15)18(21)22)16(20)25-9-14(19)10-2-5-12(17)6-3-10/h2-8H,9H2,1H3. The molecule has 8 nitrogen and oxygen atoms in total. The highest BCUT2D eigenvalue weighted by Gasteiger charge is 2.24. The van der Waals surface area contributed by atoms with Gasteiger partial charge in [-0.05, 0) is 24.3 Å². The Morgan fingerprint density at radius 3 is 2.23 bits per heavy atom. The fourth-order valence-electron chi connectivity index (χ4n) is 2.03. The highest BCUT2D eigenvalue weighted by Crippen LogP contribution is 2.25. The number of rotatable bonds is 6. The number of benzene rings is 2. The third kappa shape index (κ3) is 4.73. The first-order valence-corrected chi connectivity index (χ1v) is 9.72. The quantitative estimate of drug-likeness (QED) is 0.292. The lowest BCUT2D eigenvalue weighted by molar-refractivity contribution is -0.387. The molecule has 0 saturated heterocycles. The Kier molecular flexibility index (Phi) is 5.88. The molecule has 0 saturated carbocycles. The predicted octanol–water partition coefficient (Wildman–Crippen LogP) is 2.80. The van der Waals surface area contributed by atoms with Gasteiger partial charge in [-0.3, -0.25) is 14.9 Å². The van der Waals surface area contributed by atoms with E-state index in [0.29, 0.717) is 5.56 Å². The van der Waals surface area contributed by atoms with E-state index in [1.807, 2.05) is 0 Å². The molecule has 0 bridgehead atoms. The van der Waals surface area contributed by atoms with Crippen LogP contribution in [0.3, 0.4) is 0 Å². The first-order valence-electron chi connectivity index (χ1n) is 7.04. The molecule has 10 heteroatoms. The average molecular weight is 442 g/mol. The number of nitrogens with zero attached hydrogens (tertiary/aromatic N) is 1. The summed E-state index contributed by atoms with van der Waals surface area (Å²) in [6, 6.07) is 9.27. The van der Waals surface area contributed by atoms with Crippen LogP contribution in [-0.2, 0) is 14.6 Å². The Bertz CT molecular complexity index is 984. The van der Waals surface area contributed by atoms with Gasteiger partial charge >= 0.3 is 5.97 Å². The van der Waals surface area contributed by atoms with Gasteiger partial charge in [0.1, 0.15) is 4.90 Å². The molecule has 0 N–H and O–H groups in total. The third-order valence-corrected chi connectivity index (χ3v) is 4.96. The van der Waals surface area contributed by atoms with E-state index < -0.39 is 43.7 Å². The van der Waals surface area contributed by atoms with Gasteiger partial charge in [-0.2, -0.15) is 0 Å². The molecule has 2 aromatic rings. The zero-order chi connectivity index (χ0) is 19.5. The number of nitro benzene ring substituents is 1.